The summed E-state index contributed by atoms with van der Waals surface area (Å²) in [5.74, 6) is -54.0. The molecule has 0 bridgehead atoms. The summed E-state index contributed by atoms with van der Waals surface area (Å²) in [5, 5.41) is -7.99. The molecule has 0 spiro atoms. The third-order valence-electron chi connectivity index (χ3n) is 7.28. The number of ether oxygens (including phenoxy) is 2. The van der Waals surface area contributed by atoms with E-state index in [1.54, 1.807) is 0 Å². The molecule has 0 aliphatic heterocycles. The van der Waals surface area contributed by atoms with Crippen molar-refractivity contribution in [2.24, 2.45) is 0 Å². The van der Waals surface area contributed by atoms with Crippen LogP contribution in [0, 0.1) is 5.82 Å². The average molecular weight is 869 g/mol. The van der Waals surface area contributed by atoms with Gasteiger partial charge in [-0.05, 0) is 97.0 Å². The maximum atomic E-state index is 15.5. The van der Waals surface area contributed by atoms with Crippen LogP contribution < -0.4 is 9.47 Å². The van der Waals surface area contributed by atoms with E-state index < -0.39 is 87.9 Å². The van der Waals surface area contributed by atoms with Gasteiger partial charge in [0.05, 0.1) is 13.2 Å². The molecule has 55 heavy (non-hydrogen) atoms. The number of hydrogen-bond donors (Lipinski definition) is 0. The first-order valence-corrected chi connectivity index (χ1v) is 17.5. The van der Waals surface area contributed by atoms with Crippen LogP contribution in [0.5, 0.6) is 11.5 Å². The van der Waals surface area contributed by atoms with Crippen molar-refractivity contribution in [2.75, 3.05) is 13.2 Å². The van der Waals surface area contributed by atoms with Crippen molar-refractivity contribution >= 4 is 20.4 Å². The normalized spacial score (nSPS) is 14.8. The lowest BCUT2D eigenvalue weighted by Crippen LogP contribution is -2.75. The molecule has 5 nitrogen and oxygen atoms in total. The lowest BCUT2D eigenvalue weighted by atomic mass is 9.91. The molecule has 310 valence electrons. The van der Waals surface area contributed by atoms with E-state index in [1.165, 1.54) is 13.8 Å². The topological polar surface area (TPSA) is 61.8 Å². The Bertz CT molecular complexity index is 1850. The molecule has 0 heterocycles. The van der Waals surface area contributed by atoms with Gasteiger partial charge in [0.2, 0.25) is 0 Å². The monoisotopic (exact) mass is 868 g/mol. The second-order valence-electron chi connectivity index (χ2n) is 10.8. The minimum absolute atomic E-state index is 0.0297. The van der Waals surface area contributed by atoms with Gasteiger partial charge in [0.1, 0.15) is 17.3 Å². The van der Waals surface area contributed by atoms with E-state index in [2.05, 4.69) is 3.63 Å². The van der Waals surface area contributed by atoms with Crippen LogP contribution in [0.15, 0.2) is 87.5 Å². The first kappa shape index (κ1) is 45.6. The number of benzene rings is 3. The Hall–Kier alpha value is -3.74. The molecule has 0 saturated carbocycles. The predicted molar refractivity (Wildman–Crippen MR) is 155 cm³/mol. The Balaban J connectivity index is 2.37. The molecule has 0 saturated heterocycles. The summed E-state index contributed by atoms with van der Waals surface area (Å²) in [4.78, 5) is -2.15. The van der Waals surface area contributed by atoms with Crippen molar-refractivity contribution in [1.82, 2.24) is 0 Å². The summed E-state index contributed by atoms with van der Waals surface area (Å²) in [7, 11) is -12.9. The van der Waals surface area contributed by atoms with Crippen LogP contribution >= 0.6 is 10.3 Å². The van der Waals surface area contributed by atoms with Gasteiger partial charge in [0.15, 0.2) is 0 Å². The Morgan fingerprint density at radius 2 is 0.745 bits per heavy atom. The molecule has 3 rings (SSSR count). The lowest BCUT2D eigenvalue weighted by molar-refractivity contribution is -0.458. The van der Waals surface area contributed by atoms with Gasteiger partial charge in [-0.1, -0.05) is 0 Å². The second-order valence-corrected chi connectivity index (χ2v) is 15.3. The molecule has 0 unspecified atom stereocenters. The highest BCUT2D eigenvalue weighted by Crippen LogP contribution is 2.72. The van der Waals surface area contributed by atoms with E-state index in [0.717, 1.165) is 48.5 Å². The average Bonchev–Trinajstić information content (AvgIpc) is 3.07. The third kappa shape index (κ3) is 7.12. The smallest absolute Gasteiger partial charge is 0.460 e. The lowest BCUT2D eigenvalue weighted by Gasteiger charge is -2.43. The van der Waals surface area contributed by atoms with Crippen LogP contribution in [0.3, 0.4) is 0 Å². The molecular weight excluding hydrogens is 846 g/mol. The van der Waals surface area contributed by atoms with Crippen LogP contribution in [0.4, 0.5) is 79.0 Å². The molecule has 25 heteroatoms. The number of alkyl halides is 17. The largest absolute Gasteiger partial charge is 0.494 e. The third-order valence-corrected chi connectivity index (χ3v) is 12.5. The summed E-state index contributed by atoms with van der Waals surface area (Å²) in [5.41, 5.74) is 0. The first-order chi connectivity index (χ1) is 24.8. The Morgan fingerprint density at radius 1 is 0.455 bits per heavy atom. The van der Waals surface area contributed by atoms with E-state index >= 15 is 17.6 Å². The standard InChI is InChI=1S/C30H22F18O5S2/c1-3-51-18-7-13-21(14-8-18)54(20-11-5-17(31)6-12-20,22-15-9-19(10-16-22)52-4-2)53-55(49,50)30(47,48)28(42,43)26(38,39)24(34,35)23(32,33)25(36,37)27(40,41)29(44,45)46/h5-16H,3-4H2,1-2H3. The molecule has 0 fully saturated rings. The van der Waals surface area contributed by atoms with E-state index in [-0.39, 0.29) is 24.7 Å². The van der Waals surface area contributed by atoms with Crippen LogP contribution in [0.25, 0.3) is 0 Å². The predicted octanol–water partition coefficient (Wildman–Crippen LogP) is 11.1. The minimum atomic E-state index is -9.04. The molecule has 0 aliphatic rings. The maximum absolute atomic E-state index is 15.5. The SMILES string of the molecule is CCOc1ccc(S(OS(=O)(=O)C(F)(F)C(F)(F)C(F)(F)C(F)(F)C(F)(F)C(F)(F)C(F)(F)C(F)(F)F)(c2ccc(F)cc2)c2ccc(OCC)cc2)cc1. The zero-order valence-electron chi connectivity index (χ0n) is 27.0. The zero-order chi connectivity index (χ0) is 42.5. The van der Waals surface area contributed by atoms with Crippen LogP contribution in [0.2, 0.25) is 0 Å². The van der Waals surface area contributed by atoms with Crippen molar-refractivity contribution in [2.45, 2.75) is 75.5 Å². The van der Waals surface area contributed by atoms with Gasteiger partial charge < -0.3 is 9.47 Å². The van der Waals surface area contributed by atoms with Crippen LogP contribution in [-0.2, 0) is 13.7 Å². The highest BCUT2D eigenvalue weighted by molar-refractivity contribution is 8.33. The first-order valence-electron chi connectivity index (χ1n) is 14.5. The summed E-state index contributed by atoms with van der Waals surface area (Å²) in [6, 6.07) is 9.40. The van der Waals surface area contributed by atoms with Gasteiger partial charge >= 0.3 is 57.1 Å². The Kier molecular flexibility index (Phi) is 12.2. The van der Waals surface area contributed by atoms with Gasteiger partial charge in [-0.3, -0.25) is 0 Å². The molecule has 0 atom stereocenters. The minimum Gasteiger partial charge on any atom is -0.494 e. The summed E-state index contributed by atoms with van der Waals surface area (Å²) < 4.78 is 294. The zero-order valence-corrected chi connectivity index (χ0v) is 28.6. The van der Waals surface area contributed by atoms with Gasteiger partial charge in [-0.25, -0.2) is 8.02 Å². The van der Waals surface area contributed by atoms with Crippen molar-refractivity contribution in [3.63, 3.8) is 0 Å². The fraction of sp³-hybridized carbons (Fsp3) is 0.400. The molecule has 0 radical (unpaired) electrons. The molecule has 0 aromatic heterocycles. The van der Waals surface area contributed by atoms with Crippen LogP contribution in [0.1, 0.15) is 13.8 Å². The Labute approximate surface area is 299 Å². The number of rotatable bonds is 16. The van der Waals surface area contributed by atoms with Crippen molar-refractivity contribution < 1.29 is 101 Å². The summed E-state index contributed by atoms with van der Waals surface area (Å²) in [6.07, 6.45) is -7.97. The quantitative estimate of drug-likeness (QED) is 0.134. The second kappa shape index (κ2) is 14.6. The van der Waals surface area contributed by atoms with Gasteiger partial charge in [0.25, 0.3) is 0 Å². The molecule has 0 aliphatic carbocycles. The molecular formula is C30H22F18O5S2. The Morgan fingerprint density at radius 3 is 1.05 bits per heavy atom. The summed E-state index contributed by atoms with van der Waals surface area (Å²) in [6.45, 7) is 2.88. The van der Waals surface area contributed by atoms with Crippen molar-refractivity contribution in [1.29, 1.82) is 0 Å². The molecule has 0 N–H and O–H groups in total. The summed E-state index contributed by atoms with van der Waals surface area (Å²) >= 11 is 0. The fourth-order valence-corrected chi connectivity index (χ4v) is 9.60. The number of hydrogen-bond acceptors (Lipinski definition) is 5. The molecule has 0 amide bonds. The highest BCUT2D eigenvalue weighted by atomic mass is 32.3. The molecule has 3 aromatic carbocycles. The highest BCUT2D eigenvalue weighted by Gasteiger charge is 2.96. The van der Waals surface area contributed by atoms with Crippen LogP contribution in [-0.4, -0.2) is 68.6 Å². The fourth-order valence-electron chi connectivity index (χ4n) is 4.42. The van der Waals surface area contributed by atoms with Crippen molar-refractivity contribution in [3.05, 3.63) is 78.6 Å². The van der Waals surface area contributed by atoms with E-state index in [1.807, 2.05) is 0 Å². The number of halogens is 18. The van der Waals surface area contributed by atoms with E-state index in [4.69, 9.17) is 9.47 Å². The van der Waals surface area contributed by atoms with E-state index in [0.29, 0.717) is 24.3 Å². The maximum Gasteiger partial charge on any atom is 0.460 e. The van der Waals surface area contributed by atoms with Gasteiger partial charge in [-0.15, -0.1) is 0 Å². The molecule has 3 aromatic rings. The van der Waals surface area contributed by atoms with Crippen molar-refractivity contribution in [3.8, 4) is 11.5 Å². The van der Waals surface area contributed by atoms with Gasteiger partial charge in [0, 0.05) is 14.7 Å². The van der Waals surface area contributed by atoms with E-state index in [9.17, 15) is 69.9 Å². The van der Waals surface area contributed by atoms with Gasteiger partial charge in [-0.2, -0.15) is 83.1 Å².